The van der Waals surface area contributed by atoms with Gasteiger partial charge in [-0.05, 0) is 24.5 Å². The first-order valence-electron chi connectivity index (χ1n) is 6.63. The number of amides is 2. The van der Waals surface area contributed by atoms with Crippen molar-refractivity contribution in [3.63, 3.8) is 0 Å². The third kappa shape index (κ3) is 4.49. The van der Waals surface area contributed by atoms with Crippen molar-refractivity contribution in [1.29, 1.82) is 0 Å². The van der Waals surface area contributed by atoms with Crippen LogP contribution in [-0.2, 0) is 4.79 Å². The van der Waals surface area contributed by atoms with E-state index in [-0.39, 0.29) is 11.6 Å². The van der Waals surface area contributed by atoms with Crippen LogP contribution in [0.2, 0.25) is 0 Å². The van der Waals surface area contributed by atoms with Crippen LogP contribution in [0.3, 0.4) is 0 Å². The Morgan fingerprint density at radius 2 is 2.00 bits per heavy atom. The molecule has 0 spiro atoms. The molecule has 1 rings (SSSR count). The number of anilines is 1. The Morgan fingerprint density at radius 1 is 1.30 bits per heavy atom. The van der Waals surface area contributed by atoms with Gasteiger partial charge in [-0.3, -0.25) is 9.59 Å². The zero-order valence-electron chi connectivity index (χ0n) is 12.0. The van der Waals surface area contributed by atoms with Gasteiger partial charge < -0.3 is 16.4 Å². The third-order valence-corrected chi connectivity index (χ3v) is 2.71. The highest BCUT2D eigenvalue weighted by Gasteiger charge is 2.22. The van der Waals surface area contributed by atoms with E-state index in [2.05, 4.69) is 20.8 Å². The van der Waals surface area contributed by atoms with Gasteiger partial charge in [0.2, 0.25) is 5.91 Å². The van der Waals surface area contributed by atoms with Gasteiger partial charge in [0.15, 0.2) is 5.69 Å². The molecule has 7 heteroatoms. The van der Waals surface area contributed by atoms with E-state index < -0.39 is 17.9 Å². The first-order valence-corrected chi connectivity index (χ1v) is 6.63. The second-order valence-electron chi connectivity index (χ2n) is 4.83. The van der Waals surface area contributed by atoms with Crippen LogP contribution in [-0.4, -0.2) is 34.6 Å². The maximum absolute atomic E-state index is 11.9. The minimum Gasteiger partial charge on any atom is -0.369 e. The lowest BCUT2D eigenvalue weighted by Gasteiger charge is -2.18. The van der Waals surface area contributed by atoms with Gasteiger partial charge in [-0.15, -0.1) is 10.2 Å². The van der Waals surface area contributed by atoms with Crippen LogP contribution in [0.5, 0.6) is 0 Å². The minimum absolute atomic E-state index is 0.0881. The highest BCUT2D eigenvalue weighted by atomic mass is 16.2. The van der Waals surface area contributed by atoms with Gasteiger partial charge in [0.1, 0.15) is 11.9 Å². The van der Waals surface area contributed by atoms with Crippen LogP contribution < -0.4 is 16.4 Å². The molecule has 0 bridgehead atoms. The number of hydrogen-bond acceptors (Lipinski definition) is 5. The molecule has 7 nitrogen and oxygen atoms in total. The van der Waals surface area contributed by atoms with E-state index in [9.17, 15) is 9.59 Å². The normalized spacial score (nSPS) is 12.0. The first-order chi connectivity index (χ1) is 9.45. The quantitative estimate of drug-likeness (QED) is 0.674. The Hall–Kier alpha value is -2.18. The second kappa shape index (κ2) is 7.42. The molecule has 20 heavy (non-hydrogen) atoms. The van der Waals surface area contributed by atoms with Crippen molar-refractivity contribution in [2.45, 2.75) is 33.2 Å². The topological polar surface area (TPSA) is 110 Å². The summed E-state index contributed by atoms with van der Waals surface area (Å²) in [4.78, 5) is 23.2. The van der Waals surface area contributed by atoms with Crippen LogP contribution >= 0.6 is 0 Å². The van der Waals surface area contributed by atoms with Crippen LogP contribution in [0.15, 0.2) is 12.1 Å². The van der Waals surface area contributed by atoms with Gasteiger partial charge in [-0.2, -0.15) is 0 Å². The lowest BCUT2D eigenvalue weighted by molar-refractivity contribution is -0.120. The predicted octanol–water partition coefficient (Wildman–Crippen LogP) is 0.538. The van der Waals surface area contributed by atoms with Gasteiger partial charge in [0.05, 0.1) is 0 Å². The second-order valence-corrected chi connectivity index (χ2v) is 4.83. The summed E-state index contributed by atoms with van der Waals surface area (Å²) < 4.78 is 0. The van der Waals surface area contributed by atoms with E-state index in [0.29, 0.717) is 5.82 Å². The van der Waals surface area contributed by atoms with E-state index in [1.165, 1.54) is 0 Å². The highest BCUT2D eigenvalue weighted by molar-refractivity contribution is 5.95. The smallest absolute Gasteiger partial charge is 0.272 e. The summed E-state index contributed by atoms with van der Waals surface area (Å²) >= 11 is 0. The molecule has 0 saturated carbocycles. The number of hydrogen-bond donors (Lipinski definition) is 3. The Balaban J connectivity index is 2.69. The Kier molecular flexibility index (Phi) is 5.89. The van der Waals surface area contributed by atoms with Crippen molar-refractivity contribution in [2.75, 3.05) is 11.9 Å². The fourth-order valence-corrected chi connectivity index (χ4v) is 1.58. The lowest BCUT2D eigenvalue weighted by Crippen LogP contribution is -2.47. The average Bonchev–Trinajstić information content (AvgIpc) is 2.42. The number of carbonyl (C=O) groups is 2. The fraction of sp³-hybridized carbons (Fsp3) is 0.538. The number of nitrogens with two attached hydrogens (primary N) is 1. The summed E-state index contributed by atoms with van der Waals surface area (Å²) in [5.74, 6) is -0.506. The molecule has 1 aromatic rings. The van der Waals surface area contributed by atoms with Gasteiger partial charge in [-0.1, -0.05) is 20.8 Å². The maximum Gasteiger partial charge on any atom is 0.272 e. The molecule has 2 amide bonds. The molecular weight excluding hydrogens is 258 g/mol. The van der Waals surface area contributed by atoms with Crippen LogP contribution in [0.4, 0.5) is 5.82 Å². The van der Waals surface area contributed by atoms with Crippen molar-refractivity contribution in [1.82, 2.24) is 15.5 Å². The minimum atomic E-state index is -0.720. The molecule has 0 aromatic carbocycles. The Labute approximate surface area is 118 Å². The standard InChI is InChI=1S/C13H21N5O2/c1-4-7-15-10-6-5-9(17-18-10)13(20)16-11(8(2)3)12(14)19/h5-6,8,11H,4,7H2,1-3H3,(H2,14,19)(H,15,18)(H,16,20). The molecule has 0 fully saturated rings. The molecule has 1 heterocycles. The number of nitrogens with one attached hydrogen (secondary N) is 2. The van der Waals surface area contributed by atoms with E-state index in [1.54, 1.807) is 26.0 Å². The molecule has 1 atom stereocenters. The van der Waals surface area contributed by atoms with Crippen molar-refractivity contribution in [3.05, 3.63) is 17.8 Å². The zero-order chi connectivity index (χ0) is 15.1. The maximum atomic E-state index is 11.9. The van der Waals surface area contributed by atoms with Crippen molar-refractivity contribution in [2.24, 2.45) is 11.7 Å². The monoisotopic (exact) mass is 279 g/mol. The number of aromatic nitrogens is 2. The highest BCUT2D eigenvalue weighted by Crippen LogP contribution is 2.05. The molecule has 0 aliphatic rings. The molecule has 1 unspecified atom stereocenters. The van der Waals surface area contributed by atoms with Gasteiger partial charge in [0, 0.05) is 6.54 Å². The Bertz CT molecular complexity index is 458. The Morgan fingerprint density at radius 3 is 2.45 bits per heavy atom. The molecule has 110 valence electrons. The molecule has 0 radical (unpaired) electrons. The van der Waals surface area contributed by atoms with E-state index in [0.717, 1.165) is 13.0 Å². The van der Waals surface area contributed by atoms with Gasteiger partial charge in [0.25, 0.3) is 5.91 Å². The molecule has 0 saturated heterocycles. The van der Waals surface area contributed by atoms with E-state index in [4.69, 9.17) is 5.73 Å². The third-order valence-electron chi connectivity index (χ3n) is 2.71. The number of primary amides is 1. The van der Waals surface area contributed by atoms with Gasteiger partial charge >= 0.3 is 0 Å². The molecule has 4 N–H and O–H groups in total. The van der Waals surface area contributed by atoms with Crippen LogP contribution in [0, 0.1) is 5.92 Å². The van der Waals surface area contributed by atoms with Crippen molar-refractivity contribution < 1.29 is 9.59 Å². The number of rotatable bonds is 7. The first kappa shape index (κ1) is 15.9. The van der Waals surface area contributed by atoms with Crippen molar-refractivity contribution >= 4 is 17.6 Å². The summed E-state index contributed by atoms with van der Waals surface area (Å²) in [6.45, 7) is 6.44. The van der Waals surface area contributed by atoms with Crippen LogP contribution in [0.25, 0.3) is 0 Å². The number of nitrogens with zero attached hydrogens (tertiary/aromatic N) is 2. The predicted molar refractivity (Wildman–Crippen MR) is 76.1 cm³/mol. The number of carbonyl (C=O) groups excluding carboxylic acids is 2. The summed E-state index contributed by atoms with van der Waals surface area (Å²) in [6.07, 6.45) is 0.971. The fourth-order valence-electron chi connectivity index (χ4n) is 1.58. The molecule has 1 aromatic heterocycles. The average molecular weight is 279 g/mol. The van der Waals surface area contributed by atoms with Gasteiger partial charge in [-0.25, -0.2) is 0 Å². The van der Waals surface area contributed by atoms with Crippen LogP contribution in [0.1, 0.15) is 37.7 Å². The largest absolute Gasteiger partial charge is 0.369 e. The molecular formula is C13H21N5O2. The van der Waals surface area contributed by atoms with Crippen molar-refractivity contribution in [3.8, 4) is 0 Å². The summed E-state index contributed by atoms with van der Waals surface area (Å²) in [6, 6.07) is 2.51. The van der Waals surface area contributed by atoms with E-state index >= 15 is 0 Å². The SMILES string of the molecule is CCCNc1ccc(C(=O)NC(C(N)=O)C(C)C)nn1. The zero-order valence-corrected chi connectivity index (χ0v) is 12.0. The van der Waals surface area contributed by atoms with E-state index in [1.807, 2.05) is 6.92 Å². The summed E-state index contributed by atoms with van der Waals surface area (Å²) in [5.41, 5.74) is 5.40. The molecule has 0 aliphatic heterocycles. The molecule has 0 aliphatic carbocycles. The summed E-state index contributed by atoms with van der Waals surface area (Å²) in [7, 11) is 0. The summed E-state index contributed by atoms with van der Waals surface area (Å²) in [5, 5.41) is 13.3. The lowest BCUT2D eigenvalue weighted by atomic mass is 10.0.